The molecule has 1 atom stereocenters. The molecule has 1 aromatic carbocycles. The second kappa shape index (κ2) is 5.93. The Morgan fingerprint density at radius 2 is 1.79 bits per heavy atom. The van der Waals surface area contributed by atoms with Gasteiger partial charge in [-0.1, -0.05) is 18.6 Å². The highest BCUT2D eigenvalue weighted by atomic mass is 16.5. The van der Waals surface area contributed by atoms with Crippen LogP contribution >= 0.6 is 0 Å². The number of ether oxygens (including phenoxy) is 1. The first-order valence-corrected chi connectivity index (χ1v) is 7.52. The van der Waals surface area contributed by atoms with Crippen molar-refractivity contribution >= 4 is 0 Å². The largest absolute Gasteiger partial charge is 0.497 e. The van der Waals surface area contributed by atoms with Crippen LogP contribution in [0.15, 0.2) is 24.3 Å². The number of piperidine rings is 1. The Hall–Kier alpha value is -1.06. The van der Waals surface area contributed by atoms with Gasteiger partial charge in [0.15, 0.2) is 0 Å². The molecule has 3 heteroatoms. The molecular weight excluding hydrogens is 236 g/mol. The Morgan fingerprint density at radius 1 is 1.11 bits per heavy atom. The molecular formula is C16H24N2O. The first-order chi connectivity index (χ1) is 9.36. The van der Waals surface area contributed by atoms with Gasteiger partial charge in [0.05, 0.1) is 7.11 Å². The number of hydrogen-bond acceptors (Lipinski definition) is 3. The summed E-state index contributed by atoms with van der Waals surface area (Å²) in [5, 5.41) is 2.43. The molecule has 0 aromatic heterocycles. The van der Waals surface area contributed by atoms with Crippen molar-refractivity contribution in [1.82, 2.24) is 10.4 Å². The topological polar surface area (TPSA) is 24.5 Å². The third kappa shape index (κ3) is 3.28. The monoisotopic (exact) mass is 260 g/mol. The Kier molecular flexibility index (Phi) is 4.04. The molecule has 1 N–H and O–H groups in total. The van der Waals surface area contributed by atoms with E-state index < -0.39 is 0 Å². The van der Waals surface area contributed by atoms with Crippen LogP contribution in [-0.4, -0.2) is 25.2 Å². The average molecular weight is 260 g/mol. The van der Waals surface area contributed by atoms with E-state index in [2.05, 4.69) is 34.7 Å². The summed E-state index contributed by atoms with van der Waals surface area (Å²) in [7, 11) is 1.72. The van der Waals surface area contributed by atoms with Crippen molar-refractivity contribution in [3.8, 4) is 5.75 Å². The summed E-state index contributed by atoms with van der Waals surface area (Å²) in [5.74, 6) is 1.76. The minimum absolute atomic E-state index is 0.490. The van der Waals surface area contributed by atoms with Crippen molar-refractivity contribution in [2.75, 3.05) is 20.2 Å². The first kappa shape index (κ1) is 12.9. The molecule has 1 saturated heterocycles. The first-order valence-electron chi connectivity index (χ1n) is 7.52. The number of hydrazine groups is 1. The minimum Gasteiger partial charge on any atom is -0.497 e. The molecule has 19 heavy (non-hydrogen) atoms. The van der Waals surface area contributed by atoms with Crippen LogP contribution in [0.25, 0.3) is 0 Å². The molecule has 1 aliphatic carbocycles. The number of nitrogens with zero attached hydrogens (tertiary/aromatic N) is 1. The van der Waals surface area contributed by atoms with Crippen molar-refractivity contribution < 1.29 is 4.74 Å². The van der Waals surface area contributed by atoms with Crippen LogP contribution in [0, 0.1) is 5.92 Å². The van der Waals surface area contributed by atoms with E-state index in [0.29, 0.717) is 6.04 Å². The van der Waals surface area contributed by atoms with Gasteiger partial charge < -0.3 is 4.74 Å². The van der Waals surface area contributed by atoms with Gasteiger partial charge in [0.1, 0.15) is 5.75 Å². The van der Waals surface area contributed by atoms with E-state index in [1.165, 1.54) is 50.8 Å². The number of nitrogens with one attached hydrogen (secondary N) is 1. The Bertz CT molecular complexity index is 394. The maximum absolute atomic E-state index is 5.24. The molecule has 0 amide bonds. The van der Waals surface area contributed by atoms with Gasteiger partial charge >= 0.3 is 0 Å². The lowest BCUT2D eigenvalue weighted by atomic mass is 10.0. The number of benzene rings is 1. The van der Waals surface area contributed by atoms with Gasteiger partial charge in [-0.3, -0.25) is 0 Å². The highest BCUT2D eigenvalue weighted by molar-refractivity contribution is 5.30. The molecule has 1 heterocycles. The van der Waals surface area contributed by atoms with Crippen molar-refractivity contribution in [3.63, 3.8) is 0 Å². The highest BCUT2D eigenvalue weighted by Crippen LogP contribution is 2.41. The maximum Gasteiger partial charge on any atom is 0.118 e. The van der Waals surface area contributed by atoms with Crippen molar-refractivity contribution in [2.45, 2.75) is 38.1 Å². The third-order valence-electron chi connectivity index (χ3n) is 4.25. The average Bonchev–Trinajstić information content (AvgIpc) is 3.31. The van der Waals surface area contributed by atoms with E-state index >= 15 is 0 Å². The summed E-state index contributed by atoms with van der Waals surface area (Å²) >= 11 is 0. The molecule has 0 bridgehead atoms. The zero-order valence-electron chi connectivity index (χ0n) is 11.8. The van der Waals surface area contributed by atoms with Crippen LogP contribution in [0.4, 0.5) is 0 Å². The van der Waals surface area contributed by atoms with Crippen LogP contribution < -0.4 is 10.2 Å². The van der Waals surface area contributed by atoms with E-state index in [0.717, 1.165) is 11.7 Å². The second-order valence-electron chi connectivity index (χ2n) is 5.77. The number of methoxy groups -OCH3 is 1. The zero-order valence-corrected chi connectivity index (χ0v) is 11.8. The van der Waals surface area contributed by atoms with Gasteiger partial charge in [0, 0.05) is 19.1 Å². The van der Waals surface area contributed by atoms with Gasteiger partial charge in [-0.25, -0.2) is 10.4 Å². The molecule has 1 unspecified atom stereocenters. The summed E-state index contributed by atoms with van der Waals surface area (Å²) in [6.07, 6.45) is 6.75. The molecule has 0 spiro atoms. The van der Waals surface area contributed by atoms with Crippen LogP contribution in [-0.2, 0) is 0 Å². The van der Waals surface area contributed by atoms with Gasteiger partial charge in [0.2, 0.25) is 0 Å². The number of hydrogen-bond donors (Lipinski definition) is 1. The van der Waals surface area contributed by atoms with Gasteiger partial charge in [-0.05, 0) is 49.3 Å². The van der Waals surface area contributed by atoms with E-state index in [-0.39, 0.29) is 0 Å². The normalized spacial score (nSPS) is 22.2. The quantitative estimate of drug-likeness (QED) is 0.880. The fourth-order valence-corrected chi connectivity index (χ4v) is 2.91. The Morgan fingerprint density at radius 3 is 2.37 bits per heavy atom. The highest BCUT2D eigenvalue weighted by Gasteiger charge is 2.33. The van der Waals surface area contributed by atoms with E-state index in [4.69, 9.17) is 4.74 Å². The van der Waals surface area contributed by atoms with E-state index in [9.17, 15) is 0 Å². The van der Waals surface area contributed by atoms with E-state index in [1.807, 2.05) is 0 Å². The summed E-state index contributed by atoms with van der Waals surface area (Å²) in [5.41, 5.74) is 5.16. The maximum atomic E-state index is 5.24. The van der Waals surface area contributed by atoms with Crippen molar-refractivity contribution in [2.24, 2.45) is 5.92 Å². The van der Waals surface area contributed by atoms with Crippen LogP contribution in [0.2, 0.25) is 0 Å². The Balaban J connectivity index is 1.68. The lowest BCUT2D eigenvalue weighted by Crippen LogP contribution is -2.44. The standard InChI is InChI=1S/C16H24N2O/c1-19-15-9-7-14(8-10-15)16(13-5-6-13)17-18-11-3-2-4-12-18/h7-10,13,16-17H,2-6,11-12H2,1H3. The fraction of sp³-hybridized carbons (Fsp3) is 0.625. The number of rotatable bonds is 5. The van der Waals surface area contributed by atoms with Crippen LogP contribution in [0.5, 0.6) is 5.75 Å². The second-order valence-corrected chi connectivity index (χ2v) is 5.77. The van der Waals surface area contributed by atoms with Crippen molar-refractivity contribution in [1.29, 1.82) is 0 Å². The summed E-state index contributed by atoms with van der Waals surface area (Å²) in [4.78, 5) is 0. The predicted molar refractivity (Wildman–Crippen MR) is 77.0 cm³/mol. The summed E-state index contributed by atoms with van der Waals surface area (Å²) < 4.78 is 5.24. The molecule has 3 rings (SSSR count). The van der Waals surface area contributed by atoms with Crippen LogP contribution in [0.3, 0.4) is 0 Å². The predicted octanol–water partition coefficient (Wildman–Crippen LogP) is 3.14. The summed E-state index contributed by atoms with van der Waals surface area (Å²) in [6.45, 7) is 2.39. The van der Waals surface area contributed by atoms with Gasteiger partial charge in [-0.2, -0.15) is 0 Å². The van der Waals surface area contributed by atoms with E-state index in [1.54, 1.807) is 7.11 Å². The minimum atomic E-state index is 0.490. The molecule has 1 saturated carbocycles. The van der Waals surface area contributed by atoms with Gasteiger partial charge in [-0.15, -0.1) is 0 Å². The zero-order chi connectivity index (χ0) is 13.1. The molecule has 3 nitrogen and oxygen atoms in total. The molecule has 104 valence electrons. The molecule has 0 radical (unpaired) electrons. The molecule has 1 aliphatic heterocycles. The van der Waals surface area contributed by atoms with Gasteiger partial charge in [0.25, 0.3) is 0 Å². The fourth-order valence-electron chi connectivity index (χ4n) is 2.91. The van der Waals surface area contributed by atoms with Crippen molar-refractivity contribution in [3.05, 3.63) is 29.8 Å². The molecule has 1 aromatic rings. The van der Waals surface area contributed by atoms with Crippen LogP contribution in [0.1, 0.15) is 43.7 Å². The molecule has 2 fully saturated rings. The smallest absolute Gasteiger partial charge is 0.118 e. The lowest BCUT2D eigenvalue weighted by Gasteiger charge is -2.32. The third-order valence-corrected chi connectivity index (χ3v) is 4.25. The molecule has 2 aliphatic rings. The Labute approximate surface area is 115 Å². The summed E-state index contributed by atoms with van der Waals surface area (Å²) in [6, 6.07) is 9.05. The lowest BCUT2D eigenvalue weighted by molar-refractivity contribution is 0.121. The SMILES string of the molecule is COc1ccc(C(NN2CCCCC2)C2CC2)cc1.